The number of para-hydroxylation sites is 1. The second-order valence-corrected chi connectivity index (χ2v) is 6.57. The number of benzene rings is 2. The molecule has 31 heavy (non-hydrogen) atoms. The Kier molecular flexibility index (Phi) is 5.57. The predicted octanol–water partition coefficient (Wildman–Crippen LogP) is 4.13. The van der Waals surface area contributed by atoms with Crippen LogP contribution in [0.1, 0.15) is 18.1 Å². The van der Waals surface area contributed by atoms with Gasteiger partial charge < -0.3 is 15.4 Å². The van der Waals surface area contributed by atoms with Crippen LogP contribution in [0.5, 0.6) is 5.88 Å². The second-order valence-electron chi connectivity index (χ2n) is 6.57. The van der Waals surface area contributed by atoms with Gasteiger partial charge in [-0.2, -0.15) is 18.2 Å². The van der Waals surface area contributed by atoms with Crippen LogP contribution in [0.25, 0.3) is 0 Å². The summed E-state index contributed by atoms with van der Waals surface area (Å²) in [5.41, 5.74) is 1.33. The van der Waals surface area contributed by atoms with Crippen LogP contribution in [-0.4, -0.2) is 29.4 Å². The Morgan fingerprint density at radius 2 is 1.74 bits per heavy atom. The number of benzodiazepines with no additional fused rings is 1. The molecule has 1 aliphatic rings. The van der Waals surface area contributed by atoms with Crippen molar-refractivity contribution in [2.24, 2.45) is 4.99 Å². The van der Waals surface area contributed by atoms with Gasteiger partial charge in [0.25, 0.3) is 17.7 Å². The molecule has 4 rings (SSSR count). The Hall–Kier alpha value is -3.88. The van der Waals surface area contributed by atoms with E-state index in [9.17, 15) is 18.0 Å². The summed E-state index contributed by atoms with van der Waals surface area (Å²) in [6.07, 6.45) is -1.46. The van der Waals surface area contributed by atoms with E-state index in [0.717, 1.165) is 0 Å². The van der Waals surface area contributed by atoms with E-state index >= 15 is 0 Å². The molecule has 0 aliphatic carbocycles. The summed E-state index contributed by atoms with van der Waals surface area (Å²) in [6, 6.07) is 16.0. The monoisotopic (exact) mass is 426 g/mol. The third-order valence-corrected chi connectivity index (χ3v) is 4.56. The zero-order chi connectivity index (χ0) is 22.0. The third kappa shape index (κ3) is 3.94. The van der Waals surface area contributed by atoms with E-state index in [1.165, 1.54) is 0 Å². The van der Waals surface area contributed by atoms with Gasteiger partial charge in [-0.25, -0.2) is 4.99 Å². The van der Waals surface area contributed by atoms with E-state index < -0.39 is 41.2 Å². The lowest BCUT2D eigenvalue weighted by molar-refractivity contribution is -0.116. The molecule has 6 nitrogen and oxygen atoms in total. The summed E-state index contributed by atoms with van der Waals surface area (Å²) in [7, 11) is 0. The lowest BCUT2D eigenvalue weighted by atomic mass is 10.0. The molecule has 1 aliphatic heterocycles. The minimum atomic E-state index is -1.58. The number of ether oxygens (including phenoxy) is 1. The Morgan fingerprint density at radius 3 is 2.48 bits per heavy atom. The largest absolute Gasteiger partial charge is 0.476 e. The molecule has 0 spiro atoms. The molecule has 3 aromatic rings. The molecule has 2 aromatic carbocycles. The zero-order valence-electron chi connectivity index (χ0n) is 16.3. The van der Waals surface area contributed by atoms with Gasteiger partial charge in [-0.3, -0.25) is 4.79 Å². The van der Waals surface area contributed by atoms with Crippen molar-refractivity contribution in [2.45, 2.75) is 13.1 Å². The van der Waals surface area contributed by atoms with Crippen molar-refractivity contribution in [3.8, 4) is 5.88 Å². The highest BCUT2D eigenvalue weighted by atomic mass is 19.2. The first-order chi connectivity index (χ1) is 15.0. The molecule has 2 N–H and O–H groups in total. The highest BCUT2D eigenvalue weighted by Gasteiger charge is 2.30. The first kappa shape index (κ1) is 20.4. The van der Waals surface area contributed by atoms with Gasteiger partial charge in [0, 0.05) is 11.1 Å². The lowest BCUT2D eigenvalue weighted by Crippen LogP contribution is -2.33. The molecule has 1 atom stereocenters. The number of fused-ring (bicyclic) bond motifs is 1. The average Bonchev–Trinajstić information content (AvgIpc) is 2.92. The Labute approximate surface area is 175 Å². The number of halogens is 3. The molecule has 1 aromatic heterocycles. The van der Waals surface area contributed by atoms with Gasteiger partial charge >= 0.3 is 0 Å². The molecule has 158 valence electrons. The maximum atomic E-state index is 14.7. The SMILES string of the molecule is CCOc1nc(F)c(F)c(NC2N=C(c3ccccc3)c3ccccc3NC2=O)c1F. The average molecular weight is 426 g/mol. The summed E-state index contributed by atoms with van der Waals surface area (Å²) in [6.45, 7) is 1.53. The summed E-state index contributed by atoms with van der Waals surface area (Å²) in [5.74, 6) is -5.78. The van der Waals surface area contributed by atoms with Gasteiger partial charge in [-0.15, -0.1) is 0 Å². The molecule has 1 amide bonds. The number of aromatic nitrogens is 1. The molecule has 0 saturated heterocycles. The first-order valence-corrected chi connectivity index (χ1v) is 9.47. The van der Waals surface area contributed by atoms with E-state index in [1.807, 2.05) is 6.07 Å². The number of nitrogens with one attached hydrogen (secondary N) is 2. The highest BCUT2D eigenvalue weighted by Crippen LogP contribution is 2.30. The molecule has 0 saturated carbocycles. The topological polar surface area (TPSA) is 75.6 Å². The first-order valence-electron chi connectivity index (χ1n) is 9.47. The maximum Gasteiger partial charge on any atom is 0.269 e. The van der Waals surface area contributed by atoms with Gasteiger partial charge in [0.15, 0.2) is 6.17 Å². The van der Waals surface area contributed by atoms with Gasteiger partial charge in [0.2, 0.25) is 11.6 Å². The van der Waals surface area contributed by atoms with Crippen LogP contribution >= 0.6 is 0 Å². The van der Waals surface area contributed by atoms with Gasteiger partial charge in [-0.05, 0) is 13.0 Å². The maximum absolute atomic E-state index is 14.7. The lowest BCUT2D eigenvalue weighted by Gasteiger charge is -2.17. The van der Waals surface area contributed by atoms with Gasteiger partial charge in [0.05, 0.1) is 18.0 Å². The number of amides is 1. The normalized spacial score (nSPS) is 15.4. The van der Waals surface area contributed by atoms with E-state index in [1.54, 1.807) is 55.5 Å². The third-order valence-electron chi connectivity index (χ3n) is 4.56. The van der Waals surface area contributed by atoms with Crippen molar-refractivity contribution in [3.63, 3.8) is 0 Å². The fraction of sp³-hybridized carbons (Fsp3) is 0.136. The summed E-state index contributed by atoms with van der Waals surface area (Å²) < 4.78 is 48.0. The quantitative estimate of drug-likeness (QED) is 0.602. The van der Waals surface area contributed by atoms with Crippen molar-refractivity contribution < 1.29 is 22.7 Å². The Bertz CT molecular complexity index is 1170. The number of pyridine rings is 1. The number of hydrogen-bond acceptors (Lipinski definition) is 5. The van der Waals surface area contributed by atoms with Crippen LogP contribution in [0.3, 0.4) is 0 Å². The summed E-state index contributed by atoms with van der Waals surface area (Å²) >= 11 is 0. The molecular formula is C22H17F3N4O2. The Morgan fingerprint density at radius 1 is 1.03 bits per heavy atom. The summed E-state index contributed by atoms with van der Waals surface area (Å²) in [5, 5.41) is 5.06. The van der Waals surface area contributed by atoms with Crippen molar-refractivity contribution in [3.05, 3.63) is 83.3 Å². The molecule has 2 heterocycles. The second kappa shape index (κ2) is 8.47. The van der Waals surface area contributed by atoms with Crippen molar-refractivity contribution >= 4 is 23.0 Å². The van der Waals surface area contributed by atoms with Gasteiger partial charge in [-0.1, -0.05) is 48.5 Å². The molecule has 1 unspecified atom stereocenters. The van der Waals surface area contributed by atoms with E-state index in [-0.39, 0.29) is 6.61 Å². The zero-order valence-corrected chi connectivity index (χ0v) is 16.3. The van der Waals surface area contributed by atoms with Crippen LogP contribution in [0.4, 0.5) is 24.5 Å². The highest BCUT2D eigenvalue weighted by molar-refractivity contribution is 6.19. The van der Waals surface area contributed by atoms with Crippen LogP contribution in [0.15, 0.2) is 59.6 Å². The fourth-order valence-electron chi connectivity index (χ4n) is 3.17. The minimum absolute atomic E-state index is 0.00996. The minimum Gasteiger partial charge on any atom is -0.476 e. The van der Waals surface area contributed by atoms with E-state index in [4.69, 9.17) is 4.74 Å². The van der Waals surface area contributed by atoms with Crippen molar-refractivity contribution in [1.29, 1.82) is 0 Å². The number of nitrogens with zero attached hydrogens (tertiary/aromatic N) is 2. The molecular weight excluding hydrogens is 409 g/mol. The molecule has 9 heteroatoms. The molecule has 0 fully saturated rings. The number of rotatable bonds is 5. The van der Waals surface area contributed by atoms with Crippen LogP contribution in [-0.2, 0) is 4.79 Å². The smallest absolute Gasteiger partial charge is 0.269 e. The van der Waals surface area contributed by atoms with E-state index in [2.05, 4.69) is 20.6 Å². The van der Waals surface area contributed by atoms with Crippen molar-refractivity contribution in [2.75, 3.05) is 17.2 Å². The fourth-order valence-corrected chi connectivity index (χ4v) is 3.17. The van der Waals surface area contributed by atoms with Gasteiger partial charge in [0.1, 0.15) is 5.69 Å². The predicted molar refractivity (Wildman–Crippen MR) is 110 cm³/mol. The standard InChI is InChI=1S/C22H17F3N4O2/c1-2-31-22-16(24)18(15(23)19(25)29-22)28-20-21(30)26-14-11-7-6-10-13(14)17(27-20)12-8-4-3-5-9-12/h3-11,20H,2H2,1H3,(H,26,30)(H,28,29). The number of hydrogen-bond donors (Lipinski definition) is 2. The summed E-state index contributed by atoms with van der Waals surface area (Å²) in [4.78, 5) is 20.4. The molecule has 0 radical (unpaired) electrons. The Balaban J connectivity index is 1.82. The van der Waals surface area contributed by atoms with Crippen LogP contribution in [0.2, 0.25) is 0 Å². The molecule has 0 bridgehead atoms. The number of aliphatic imine (C=N–C) groups is 1. The van der Waals surface area contributed by atoms with Crippen molar-refractivity contribution in [1.82, 2.24) is 4.98 Å². The van der Waals surface area contributed by atoms with Crippen LogP contribution in [0, 0.1) is 17.6 Å². The number of carbonyl (C=O) groups is 1. The number of anilines is 2. The number of carbonyl (C=O) groups excluding carboxylic acids is 1. The van der Waals surface area contributed by atoms with Crippen LogP contribution < -0.4 is 15.4 Å². The van der Waals surface area contributed by atoms with E-state index in [0.29, 0.717) is 22.5 Å².